The van der Waals surface area contributed by atoms with Gasteiger partial charge in [-0.25, -0.2) is 9.50 Å². The molecule has 0 saturated carbocycles. The van der Waals surface area contributed by atoms with E-state index in [9.17, 15) is 4.79 Å². The Labute approximate surface area is 200 Å². The molecule has 0 atom stereocenters. The van der Waals surface area contributed by atoms with Gasteiger partial charge >= 0.3 is 0 Å². The highest BCUT2D eigenvalue weighted by molar-refractivity contribution is 5.92. The van der Waals surface area contributed by atoms with Crippen LogP contribution in [0.2, 0.25) is 0 Å². The third-order valence-corrected chi connectivity index (χ3v) is 7.20. The maximum absolute atomic E-state index is 12.1. The fourth-order valence-corrected chi connectivity index (χ4v) is 5.30. The molecule has 0 spiro atoms. The lowest BCUT2D eigenvalue weighted by atomic mass is 9.87. The number of amides is 1. The second-order valence-electron chi connectivity index (χ2n) is 10.1. The highest BCUT2D eigenvalue weighted by atomic mass is 16.2. The highest BCUT2D eigenvalue weighted by Crippen LogP contribution is 2.38. The van der Waals surface area contributed by atoms with Crippen molar-refractivity contribution in [3.05, 3.63) is 53.5 Å². The van der Waals surface area contributed by atoms with E-state index in [1.54, 1.807) is 11.2 Å². The summed E-state index contributed by atoms with van der Waals surface area (Å²) in [4.78, 5) is 24.2. The fraction of sp³-hybridized carbons (Fsp3) is 0.444. The molecule has 0 aliphatic carbocycles. The van der Waals surface area contributed by atoms with Crippen molar-refractivity contribution in [3.8, 4) is 11.3 Å². The molecule has 7 nitrogen and oxygen atoms in total. The molecule has 1 aliphatic heterocycles. The molecule has 1 saturated heterocycles. The minimum Gasteiger partial charge on any atom is -0.354 e. The molecular formula is C27H34N6O. The predicted octanol–water partition coefficient (Wildman–Crippen LogP) is 4.58. The molecule has 0 bridgehead atoms. The van der Waals surface area contributed by atoms with Crippen LogP contribution in [0.4, 0.5) is 0 Å². The van der Waals surface area contributed by atoms with Crippen molar-refractivity contribution >= 4 is 22.5 Å². The van der Waals surface area contributed by atoms with Gasteiger partial charge in [-0.3, -0.25) is 9.69 Å². The van der Waals surface area contributed by atoms with Gasteiger partial charge in [0.15, 0.2) is 5.65 Å². The van der Waals surface area contributed by atoms with Crippen molar-refractivity contribution < 1.29 is 4.79 Å². The van der Waals surface area contributed by atoms with E-state index in [2.05, 4.69) is 71.1 Å². The van der Waals surface area contributed by atoms with Gasteiger partial charge < -0.3 is 9.88 Å². The normalized spacial score (nSPS) is 15.6. The smallest absolute Gasteiger partial charge is 0.236 e. The van der Waals surface area contributed by atoms with Crippen molar-refractivity contribution in [3.63, 3.8) is 0 Å². The zero-order valence-corrected chi connectivity index (χ0v) is 20.8. The number of aromatic nitrogens is 4. The van der Waals surface area contributed by atoms with Crippen LogP contribution in [0.1, 0.15) is 55.3 Å². The maximum Gasteiger partial charge on any atom is 0.236 e. The number of H-pyrrole nitrogens is 1. The number of hydrogen-bond donors (Lipinski definition) is 1. The number of fused-ring (bicyclic) bond motifs is 2. The molecule has 178 valence electrons. The number of piperidine rings is 1. The molecule has 34 heavy (non-hydrogen) atoms. The lowest BCUT2D eigenvalue weighted by Crippen LogP contribution is -2.40. The van der Waals surface area contributed by atoms with E-state index in [0.29, 0.717) is 18.4 Å². The van der Waals surface area contributed by atoms with Crippen LogP contribution in [-0.2, 0) is 4.79 Å². The summed E-state index contributed by atoms with van der Waals surface area (Å²) in [5.74, 6) is 1.09. The van der Waals surface area contributed by atoms with Crippen molar-refractivity contribution in [2.24, 2.45) is 0 Å². The second kappa shape index (κ2) is 8.87. The zero-order valence-electron chi connectivity index (χ0n) is 20.8. The van der Waals surface area contributed by atoms with Crippen LogP contribution < -0.4 is 0 Å². The fourth-order valence-electron chi connectivity index (χ4n) is 5.30. The number of hydrogen-bond acceptors (Lipinski definition) is 4. The average Bonchev–Trinajstić information content (AvgIpc) is 3.44. The van der Waals surface area contributed by atoms with Gasteiger partial charge in [0.1, 0.15) is 6.33 Å². The topological polar surface area (TPSA) is 69.5 Å². The first-order valence-electron chi connectivity index (χ1n) is 12.2. The van der Waals surface area contributed by atoms with Gasteiger partial charge in [-0.05, 0) is 80.1 Å². The summed E-state index contributed by atoms with van der Waals surface area (Å²) >= 11 is 0. The Kier molecular flexibility index (Phi) is 5.90. The number of rotatable bonds is 5. The highest BCUT2D eigenvalue weighted by Gasteiger charge is 2.24. The lowest BCUT2D eigenvalue weighted by molar-refractivity contribution is -0.130. The summed E-state index contributed by atoms with van der Waals surface area (Å²) in [6.07, 6.45) is 3.78. The summed E-state index contributed by atoms with van der Waals surface area (Å²) in [6.45, 7) is 9.06. The van der Waals surface area contributed by atoms with Crippen molar-refractivity contribution in [2.45, 2.75) is 45.4 Å². The summed E-state index contributed by atoms with van der Waals surface area (Å²) < 4.78 is 1.87. The molecule has 1 amide bonds. The standard InChI is InChI=1S/C27H34N6O/c1-17(2)26-22-13-20(19-8-10-32(11-9-19)15-25(34)31(4)5)6-7-23(22)30-27(26)21-12-18(3)33-24(14-21)28-16-29-33/h6-7,12-14,16-17,19,30H,8-11,15H2,1-5H3. The number of aryl methyl sites for hydroxylation is 1. The average molecular weight is 459 g/mol. The van der Waals surface area contributed by atoms with Gasteiger partial charge in [-0.1, -0.05) is 19.9 Å². The Morgan fingerprint density at radius 3 is 2.65 bits per heavy atom. The van der Waals surface area contributed by atoms with Gasteiger partial charge in [-0.2, -0.15) is 5.10 Å². The van der Waals surface area contributed by atoms with Gasteiger partial charge in [0.2, 0.25) is 5.91 Å². The summed E-state index contributed by atoms with van der Waals surface area (Å²) in [7, 11) is 3.65. The van der Waals surface area contributed by atoms with Crippen LogP contribution in [0.3, 0.4) is 0 Å². The quantitative estimate of drug-likeness (QED) is 0.475. The molecule has 1 aliphatic rings. The molecule has 5 rings (SSSR count). The molecule has 1 N–H and O–H groups in total. The first-order valence-corrected chi connectivity index (χ1v) is 12.2. The number of aromatic amines is 1. The Hall–Kier alpha value is -3.19. The van der Waals surface area contributed by atoms with Crippen LogP contribution in [0.25, 0.3) is 27.8 Å². The summed E-state index contributed by atoms with van der Waals surface area (Å²) in [5.41, 5.74) is 8.19. The third-order valence-electron chi connectivity index (χ3n) is 7.20. The minimum atomic E-state index is 0.181. The molecule has 1 aromatic carbocycles. The predicted molar refractivity (Wildman–Crippen MR) is 136 cm³/mol. The van der Waals surface area contributed by atoms with Crippen LogP contribution in [-0.4, -0.2) is 69.0 Å². The van der Waals surface area contributed by atoms with Gasteiger partial charge in [0.05, 0.1) is 12.2 Å². The molecule has 0 unspecified atom stereocenters. The van der Waals surface area contributed by atoms with Crippen LogP contribution in [0, 0.1) is 6.92 Å². The number of nitrogens with zero attached hydrogens (tertiary/aromatic N) is 5. The SMILES string of the molecule is Cc1cc(-c2[nH]c3ccc(C4CCN(CC(=O)N(C)C)CC4)cc3c2C(C)C)cc2ncnn12. The first-order chi connectivity index (χ1) is 16.3. The molecule has 0 radical (unpaired) electrons. The summed E-state index contributed by atoms with van der Waals surface area (Å²) in [5, 5.41) is 5.63. The zero-order chi connectivity index (χ0) is 24.0. The van der Waals surface area contributed by atoms with E-state index >= 15 is 0 Å². The van der Waals surface area contributed by atoms with Crippen LogP contribution >= 0.6 is 0 Å². The number of likely N-dealkylation sites (N-methyl/N-ethyl adjacent to an activating group) is 1. The number of pyridine rings is 1. The van der Waals surface area contributed by atoms with E-state index in [1.165, 1.54) is 27.7 Å². The Bertz CT molecular complexity index is 1340. The molecular weight excluding hydrogens is 424 g/mol. The number of likely N-dealkylation sites (tertiary alicyclic amines) is 1. The molecule has 1 fully saturated rings. The van der Waals surface area contributed by atoms with E-state index in [1.807, 2.05) is 18.6 Å². The number of carbonyl (C=O) groups is 1. The van der Waals surface area contributed by atoms with Gasteiger partial charge in [0, 0.05) is 36.3 Å². The summed E-state index contributed by atoms with van der Waals surface area (Å²) in [6, 6.07) is 11.2. The molecule has 4 aromatic rings. The van der Waals surface area contributed by atoms with Gasteiger partial charge in [-0.15, -0.1) is 0 Å². The Morgan fingerprint density at radius 2 is 1.94 bits per heavy atom. The van der Waals surface area contributed by atoms with Crippen molar-refractivity contribution in [1.29, 1.82) is 0 Å². The largest absolute Gasteiger partial charge is 0.354 e. The molecule has 7 heteroatoms. The third kappa shape index (κ3) is 4.09. The van der Waals surface area contributed by atoms with Crippen LogP contribution in [0.5, 0.6) is 0 Å². The van der Waals surface area contributed by atoms with E-state index in [-0.39, 0.29) is 5.91 Å². The minimum absolute atomic E-state index is 0.181. The number of benzene rings is 1. The second-order valence-corrected chi connectivity index (χ2v) is 10.1. The number of nitrogens with one attached hydrogen (secondary N) is 1. The van der Waals surface area contributed by atoms with Crippen LogP contribution in [0.15, 0.2) is 36.7 Å². The number of carbonyl (C=O) groups excluding carboxylic acids is 1. The Morgan fingerprint density at radius 1 is 1.18 bits per heavy atom. The monoisotopic (exact) mass is 458 g/mol. The van der Waals surface area contributed by atoms with Gasteiger partial charge in [0.25, 0.3) is 0 Å². The van der Waals surface area contributed by atoms with E-state index < -0.39 is 0 Å². The molecule has 3 aromatic heterocycles. The van der Waals surface area contributed by atoms with Crippen molar-refractivity contribution in [1.82, 2.24) is 29.4 Å². The van der Waals surface area contributed by atoms with Crippen molar-refractivity contribution in [2.75, 3.05) is 33.7 Å². The first kappa shape index (κ1) is 22.6. The van der Waals surface area contributed by atoms with E-state index in [4.69, 9.17) is 0 Å². The lowest BCUT2D eigenvalue weighted by Gasteiger charge is -2.32. The molecule has 4 heterocycles. The Balaban J connectivity index is 1.45. The van der Waals surface area contributed by atoms with E-state index in [0.717, 1.165) is 42.8 Å². The maximum atomic E-state index is 12.1.